The Hall–Kier alpha value is -2.53. The summed E-state index contributed by atoms with van der Waals surface area (Å²) in [4.78, 5) is 18.1. The smallest absolute Gasteiger partial charge is 0.251 e. The summed E-state index contributed by atoms with van der Waals surface area (Å²) in [6.45, 7) is 6.92. The Morgan fingerprint density at radius 3 is 2.50 bits per heavy atom. The summed E-state index contributed by atoms with van der Waals surface area (Å²) in [6.07, 6.45) is 0.975. The lowest BCUT2D eigenvalue weighted by Crippen LogP contribution is -2.25. The second-order valence-electron chi connectivity index (χ2n) is 7.14. The topological polar surface area (TPSA) is 55.1 Å². The molecule has 0 radical (unpaired) electrons. The molecule has 0 spiro atoms. The van der Waals surface area contributed by atoms with Gasteiger partial charge in [-0.2, -0.15) is 0 Å². The number of rotatable bonds is 8. The molecule has 1 N–H and O–H groups in total. The lowest BCUT2D eigenvalue weighted by atomic mass is 10.1. The van der Waals surface area contributed by atoms with Crippen LogP contribution in [0.25, 0.3) is 11.5 Å². The van der Waals surface area contributed by atoms with Crippen LogP contribution in [0.5, 0.6) is 0 Å². The molecule has 0 saturated heterocycles. The summed E-state index contributed by atoms with van der Waals surface area (Å²) in [5.74, 6) is 2.71. The minimum atomic E-state index is -0.0456. The molecule has 2 aromatic carbocycles. The fourth-order valence-corrected chi connectivity index (χ4v) is 3.62. The molecule has 1 amide bonds. The van der Waals surface area contributed by atoms with Crippen LogP contribution >= 0.6 is 11.8 Å². The average molecular weight is 395 g/mol. The van der Waals surface area contributed by atoms with Gasteiger partial charge >= 0.3 is 0 Å². The van der Waals surface area contributed by atoms with Crippen molar-refractivity contribution in [1.82, 2.24) is 10.3 Å². The van der Waals surface area contributed by atoms with E-state index in [0.717, 1.165) is 29.2 Å². The van der Waals surface area contributed by atoms with Crippen LogP contribution in [0, 0.1) is 12.8 Å². The fraction of sp³-hybridized carbons (Fsp3) is 0.304. The summed E-state index contributed by atoms with van der Waals surface area (Å²) in [5, 5.41) is 2.95. The monoisotopic (exact) mass is 394 g/mol. The number of benzene rings is 2. The SMILES string of the molecule is Cc1oc(-c2ccc(C(=O)NCCC(C)C)cc2)nc1CSc1ccccc1. The molecule has 0 unspecified atom stereocenters. The van der Waals surface area contributed by atoms with Crippen LogP contribution in [-0.2, 0) is 5.75 Å². The minimum absolute atomic E-state index is 0.0456. The van der Waals surface area contributed by atoms with E-state index in [9.17, 15) is 4.79 Å². The van der Waals surface area contributed by atoms with Gasteiger partial charge in [-0.1, -0.05) is 32.0 Å². The Morgan fingerprint density at radius 1 is 1.11 bits per heavy atom. The van der Waals surface area contributed by atoms with Gasteiger partial charge in [-0.3, -0.25) is 4.79 Å². The number of carbonyl (C=O) groups is 1. The quantitative estimate of drug-likeness (QED) is 0.497. The molecule has 0 bridgehead atoms. The van der Waals surface area contributed by atoms with E-state index in [2.05, 4.69) is 36.3 Å². The molecule has 0 aliphatic rings. The predicted molar refractivity (Wildman–Crippen MR) is 114 cm³/mol. The number of carbonyl (C=O) groups excluding carboxylic acids is 1. The first-order valence-corrected chi connectivity index (χ1v) is 10.5. The van der Waals surface area contributed by atoms with Gasteiger partial charge in [0.2, 0.25) is 5.89 Å². The molecule has 0 atom stereocenters. The molecule has 0 saturated carbocycles. The van der Waals surface area contributed by atoms with E-state index in [1.165, 1.54) is 4.90 Å². The molecule has 3 rings (SSSR count). The highest BCUT2D eigenvalue weighted by Gasteiger charge is 2.13. The lowest BCUT2D eigenvalue weighted by Gasteiger charge is -2.07. The van der Waals surface area contributed by atoms with Gasteiger partial charge < -0.3 is 9.73 Å². The number of nitrogens with one attached hydrogen (secondary N) is 1. The Kier molecular flexibility index (Phi) is 6.93. The Balaban J connectivity index is 1.63. The maximum atomic E-state index is 12.2. The van der Waals surface area contributed by atoms with Crippen LogP contribution < -0.4 is 5.32 Å². The van der Waals surface area contributed by atoms with Gasteiger partial charge in [-0.05, 0) is 55.7 Å². The Bertz CT molecular complexity index is 902. The summed E-state index contributed by atoms with van der Waals surface area (Å²) >= 11 is 1.74. The average Bonchev–Trinajstić information content (AvgIpc) is 3.07. The molecule has 0 fully saturated rings. The van der Waals surface area contributed by atoms with E-state index in [-0.39, 0.29) is 5.91 Å². The van der Waals surface area contributed by atoms with Gasteiger partial charge in [0, 0.05) is 28.3 Å². The third-order valence-electron chi connectivity index (χ3n) is 4.41. The standard InChI is InChI=1S/C23H26N2O2S/c1-16(2)13-14-24-22(26)18-9-11-19(12-10-18)23-25-21(17(3)27-23)15-28-20-7-5-4-6-8-20/h4-12,16H,13-15H2,1-3H3,(H,24,26). The summed E-state index contributed by atoms with van der Waals surface area (Å²) in [5.41, 5.74) is 2.47. The number of aryl methyl sites for hydroxylation is 1. The molecule has 5 heteroatoms. The molecule has 1 heterocycles. The van der Waals surface area contributed by atoms with Gasteiger partial charge in [0.1, 0.15) is 5.76 Å². The highest BCUT2D eigenvalue weighted by Crippen LogP contribution is 2.27. The van der Waals surface area contributed by atoms with Crippen LogP contribution in [0.3, 0.4) is 0 Å². The first kappa shape index (κ1) is 20.2. The molecule has 1 aromatic heterocycles. The van der Waals surface area contributed by atoms with Gasteiger partial charge in [0.15, 0.2) is 0 Å². The molecular weight excluding hydrogens is 368 g/mol. The third kappa shape index (κ3) is 5.49. The van der Waals surface area contributed by atoms with E-state index in [0.29, 0.717) is 23.9 Å². The second kappa shape index (κ2) is 9.60. The van der Waals surface area contributed by atoms with E-state index in [1.807, 2.05) is 49.4 Å². The van der Waals surface area contributed by atoms with Gasteiger partial charge in [-0.15, -0.1) is 11.8 Å². The molecular formula is C23H26N2O2S. The number of nitrogens with zero attached hydrogens (tertiary/aromatic N) is 1. The summed E-state index contributed by atoms with van der Waals surface area (Å²) < 4.78 is 5.86. The van der Waals surface area contributed by atoms with Crippen LogP contribution in [0.2, 0.25) is 0 Å². The molecule has 146 valence electrons. The van der Waals surface area contributed by atoms with Crippen molar-refractivity contribution < 1.29 is 9.21 Å². The van der Waals surface area contributed by atoms with E-state index >= 15 is 0 Å². The van der Waals surface area contributed by atoms with E-state index < -0.39 is 0 Å². The normalized spacial score (nSPS) is 11.0. The van der Waals surface area contributed by atoms with Crippen LogP contribution in [0.15, 0.2) is 63.9 Å². The van der Waals surface area contributed by atoms with Crippen LogP contribution in [-0.4, -0.2) is 17.4 Å². The van der Waals surface area contributed by atoms with Crippen molar-refractivity contribution in [2.24, 2.45) is 5.92 Å². The van der Waals surface area contributed by atoms with Gasteiger partial charge in [-0.25, -0.2) is 4.98 Å². The molecule has 0 aliphatic carbocycles. The highest BCUT2D eigenvalue weighted by atomic mass is 32.2. The van der Waals surface area contributed by atoms with E-state index in [4.69, 9.17) is 4.42 Å². The maximum absolute atomic E-state index is 12.2. The zero-order valence-electron chi connectivity index (χ0n) is 16.6. The number of aromatic nitrogens is 1. The molecule has 0 aliphatic heterocycles. The number of thioether (sulfide) groups is 1. The lowest BCUT2D eigenvalue weighted by molar-refractivity contribution is 0.0952. The Labute approximate surface area is 170 Å². The number of hydrogen-bond donors (Lipinski definition) is 1. The molecule has 4 nitrogen and oxygen atoms in total. The van der Waals surface area contributed by atoms with Gasteiger partial charge in [0.25, 0.3) is 5.91 Å². The molecule has 28 heavy (non-hydrogen) atoms. The number of oxazole rings is 1. The summed E-state index contributed by atoms with van der Waals surface area (Å²) in [6, 6.07) is 17.7. The van der Waals surface area contributed by atoms with Crippen molar-refractivity contribution in [3.05, 3.63) is 71.6 Å². The maximum Gasteiger partial charge on any atom is 0.251 e. The predicted octanol–water partition coefficient (Wildman–Crippen LogP) is 5.72. The van der Waals surface area contributed by atoms with E-state index in [1.54, 1.807) is 11.8 Å². The van der Waals surface area contributed by atoms with Crippen molar-refractivity contribution in [2.75, 3.05) is 6.54 Å². The first-order chi connectivity index (χ1) is 13.5. The fourth-order valence-electron chi connectivity index (χ4n) is 2.69. The first-order valence-electron chi connectivity index (χ1n) is 9.55. The van der Waals surface area contributed by atoms with Crippen molar-refractivity contribution in [2.45, 2.75) is 37.8 Å². The van der Waals surface area contributed by atoms with Gasteiger partial charge in [0.05, 0.1) is 5.69 Å². The summed E-state index contributed by atoms with van der Waals surface area (Å²) in [7, 11) is 0. The second-order valence-corrected chi connectivity index (χ2v) is 8.19. The largest absolute Gasteiger partial charge is 0.441 e. The third-order valence-corrected chi connectivity index (χ3v) is 5.44. The van der Waals surface area contributed by atoms with Crippen molar-refractivity contribution in [3.8, 4) is 11.5 Å². The van der Waals surface area contributed by atoms with Crippen molar-refractivity contribution in [1.29, 1.82) is 0 Å². The highest BCUT2D eigenvalue weighted by molar-refractivity contribution is 7.98. The van der Waals surface area contributed by atoms with Crippen LogP contribution in [0.1, 0.15) is 42.1 Å². The number of hydrogen-bond acceptors (Lipinski definition) is 4. The number of amides is 1. The van der Waals surface area contributed by atoms with Crippen molar-refractivity contribution >= 4 is 17.7 Å². The van der Waals surface area contributed by atoms with Crippen molar-refractivity contribution in [3.63, 3.8) is 0 Å². The Morgan fingerprint density at radius 2 is 1.82 bits per heavy atom. The minimum Gasteiger partial charge on any atom is -0.441 e. The zero-order chi connectivity index (χ0) is 19.9. The zero-order valence-corrected chi connectivity index (χ0v) is 17.4. The molecule has 3 aromatic rings. The van der Waals surface area contributed by atoms with Crippen LogP contribution in [0.4, 0.5) is 0 Å².